The summed E-state index contributed by atoms with van der Waals surface area (Å²) in [7, 11) is 1.23. The largest absolute Gasteiger partial charge is 0.488 e. The Kier molecular flexibility index (Phi) is 7.53. The number of para-hydroxylation sites is 1. The van der Waals surface area contributed by atoms with Crippen LogP contribution in [0.2, 0.25) is 0 Å². The van der Waals surface area contributed by atoms with Crippen molar-refractivity contribution >= 4 is 35.0 Å². The van der Waals surface area contributed by atoms with E-state index in [2.05, 4.69) is 15.2 Å². The number of aromatic nitrogens is 3. The normalized spacial score (nSPS) is 14.1. The molecule has 0 N–H and O–H groups in total. The van der Waals surface area contributed by atoms with Crippen molar-refractivity contribution in [1.29, 1.82) is 0 Å². The zero-order valence-electron chi connectivity index (χ0n) is 20.5. The Hall–Kier alpha value is -4.26. The summed E-state index contributed by atoms with van der Waals surface area (Å²) in [5.41, 5.74) is 0.703. The maximum Gasteiger partial charge on any atom is 0.323 e. The Bertz CT molecular complexity index is 1380. The second kappa shape index (κ2) is 10.8. The summed E-state index contributed by atoms with van der Waals surface area (Å²) in [6.45, 7) is 3.27. The number of methoxy groups -OCH3 is 1. The molecule has 37 heavy (non-hydrogen) atoms. The third-order valence-electron chi connectivity index (χ3n) is 5.56. The third kappa shape index (κ3) is 4.77. The molecule has 1 atom stereocenters. The van der Waals surface area contributed by atoms with Gasteiger partial charge in [0.05, 0.1) is 23.3 Å². The Balaban J connectivity index is 2.02. The lowest BCUT2D eigenvalue weighted by atomic mass is 10.1. The number of amides is 1. The number of anilines is 1. The lowest BCUT2D eigenvalue weighted by Crippen LogP contribution is -2.37. The van der Waals surface area contributed by atoms with Crippen LogP contribution in [0, 0.1) is 10.1 Å². The Morgan fingerprint density at radius 2 is 1.92 bits per heavy atom. The van der Waals surface area contributed by atoms with E-state index in [0.29, 0.717) is 16.4 Å². The van der Waals surface area contributed by atoms with Gasteiger partial charge in [0, 0.05) is 18.4 Å². The molecule has 2 aromatic carbocycles. The lowest BCUT2D eigenvalue weighted by molar-refractivity contribution is -0.387. The molecule has 4 rings (SSSR count). The van der Waals surface area contributed by atoms with Gasteiger partial charge in [0.25, 0.3) is 0 Å². The van der Waals surface area contributed by atoms with E-state index >= 15 is 0 Å². The highest BCUT2D eigenvalue weighted by Crippen LogP contribution is 2.48. The van der Waals surface area contributed by atoms with Gasteiger partial charge >= 0.3 is 11.7 Å². The molecule has 0 bridgehead atoms. The summed E-state index contributed by atoms with van der Waals surface area (Å²) in [5.74, 6) is -1.30. The zero-order chi connectivity index (χ0) is 26.7. The van der Waals surface area contributed by atoms with E-state index in [1.54, 1.807) is 44.4 Å². The first-order valence-corrected chi connectivity index (χ1v) is 12.5. The molecule has 13 heteroatoms. The van der Waals surface area contributed by atoms with Crippen molar-refractivity contribution in [3.05, 3.63) is 52.1 Å². The second-order valence-corrected chi connectivity index (χ2v) is 8.45. The maximum atomic E-state index is 13.3. The van der Waals surface area contributed by atoms with Crippen molar-refractivity contribution in [3.63, 3.8) is 0 Å². The molecule has 1 aliphatic rings. The van der Waals surface area contributed by atoms with Crippen molar-refractivity contribution in [2.45, 2.75) is 38.1 Å². The standard InChI is InChI=1S/C24H23N5O7S/c1-5-17(30)28-15-10-8-7-9-13(15)19-22(25-24(37-4)27-26-19)36-23(28)14-11-12-16(35-18(31)6-2)21(34-3)20(14)29(32)33/h7-12,23H,5-6H2,1-4H3/t23-/m0/s1. The van der Waals surface area contributed by atoms with E-state index in [1.807, 2.05) is 0 Å². The fraction of sp³-hybridized carbons (Fsp3) is 0.292. The van der Waals surface area contributed by atoms with Crippen LogP contribution in [0.5, 0.6) is 17.4 Å². The minimum absolute atomic E-state index is 0.00749. The number of fused-ring (bicyclic) bond motifs is 3. The van der Waals surface area contributed by atoms with Crippen molar-refractivity contribution in [3.8, 4) is 28.6 Å². The molecular weight excluding hydrogens is 502 g/mol. The summed E-state index contributed by atoms with van der Waals surface area (Å²) >= 11 is 1.24. The van der Waals surface area contributed by atoms with Gasteiger partial charge in [-0.2, -0.15) is 4.98 Å². The summed E-state index contributed by atoms with van der Waals surface area (Å²) in [5, 5.41) is 21.1. The van der Waals surface area contributed by atoms with E-state index in [-0.39, 0.29) is 47.4 Å². The van der Waals surface area contributed by atoms with Crippen LogP contribution < -0.4 is 19.1 Å². The van der Waals surface area contributed by atoms with Gasteiger partial charge in [0.2, 0.25) is 28.9 Å². The first-order chi connectivity index (χ1) is 17.8. The Morgan fingerprint density at radius 1 is 1.16 bits per heavy atom. The predicted molar refractivity (Wildman–Crippen MR) is 134 cm³/mol. The first kappa shape index (κ1) is 25.8. The van der Waals surface area contributed by atoms with Crippen LogP contribution in [0.3, 0.4) is 0 Å². The third-order valence-corrected chi connectivity index (χ3v) is 6.10. The van der Waals surface area contributed by atoms with Gasteiger partial charge in [-0.1, -0.05) is 43.8 Å². The molecule has 12 nitrogen and oxygen atoms in total. The quantitative estimate of drug-likeness (QED) is 0.143. The van der Waals surface area contributed by atoms with Crippen LogP contribution in [0.25, 0.3) is 11.3 Å². The molecule has 0 spiro atoms. The molecule has 0 radical (unpaired) electrons. The SMILES string of the molecule is CCC(=O)Oc1ccc([C@@H]2Oc3nc(SC)nnc3-c3ccccc3N2C(=O)CC)c([N+](=O)[O-])c1OC. The lowest BCUT2D eigenvalue weighted by Gasteiger charge is -2.30. The number of benzene rings is 2. The number of hydrogen-bond donors (Lipinski definition) is 0. The fourth-order valence-corrected chi connectivity index (χ4v) is 4.17. The molecule has 3 aromatic rings. The second-order valence-electron chi connectivity index (χ2n) is 7.68. The smallest absolute Gasteiger partial charge is 0.323 e. The Labute approximate surface area is 216 Å². The van der Waals surface area contributed by atoms with Crippen LogP contribution in [0.1, 0.15) is 38.5 Å². The number of carbonyl (C=O) groups is 2. The Morgan fingerprint density at radius 3 is 2.57 bits per heavy atom. The number of carbonyl (C=O) groups excluding carboxylic acids is 2. The number of thioether (sulfide) groups is 1. The monoisotopic (exact) mass is 525 g/mol. The van der Waals surface area contributed by atoms with Crippen LogP contribution in [-0.2, 0) is 9.59 Å². The van der Waals surface area contributed by atoms with Crippen molar-refractivity contribution in [2.75, 3.05) is 18.3 Å². The average Bonchev–Trinajstić information content (AvgIpc) is 3.06. The summed E-state index contributed by atoms with van der Waals surface area (Å²) in [4.78, 5) is 42.7. The number of nitro groups is 1. The highest BCUT2D eigenvalue weighted by molar-refractivity contribution is 7.98. The zero-order valence-corrected chi connectivity index (χ0v) is 21.3. The van der Waals surface area contributed by atoms with Crippen LogP contribution in [0.15, 0.2) is 41.6 Å². The molecule has 192 valence electrons. The number of ether oxygens (including phenoxy) is 3. The molecule has 2 heterocycles. The van der Waals surface area contributed by atoms with Crippen LogP contribution >= 0.6 is 11.8 Å². The van der Waals surface area contributed by atoms with Gasteiger partial charge < -0.3 is 14.2 Å². The van der Waals surface area contributed by atoms with E-state index in [0.717, 1.165) is 0 Å². The van der Waals surface area contributed by atoms with Gasteiger partial charge in [0.1, 0.15) is 0 Å². The first-order valence-electron chi connectivity index (χ1n) is 11.3. The predicted octanol–water partition coefficient (Wildman–Crippen LogP) is 4.33. The molecule has 0 fully saturated rings. The minimum atomic E-state index is -1.33. The van der Waals surface area contributed by atoms with E-state index in [9.17, 15) is 19.7 Å². The summed E-state index contributed by atoms with van der Waals surface area (Å²) in [6.07, 6.45) is 0.578. The molecule has 0 saturated heterocycles. The van der Waals surface area contributed by atoms with Gasteiger partial charge in [0.15, 0.2) is 11.4 Å². The highest BCUT2D eigenvalue weighted by atomic mass is 32.2. The molecule has 0 saturated carbocycles. The van der Waals surface area contributed by atoms with Crippen LogP contribution in [-0.4, -0.2) is 45.3 Å². The maximum absolute atomic E-state index is 13.3. The number of nitro benzene ring substituents is 1. The van der Waals surface area contributed by atoms with Gasteiger partial charge in [-0.15, -0.1) is 10.2 Å². The molecule has 1 aliphatic heterocycles. The highest BCUT2D eigenvalue weighted by Gasteiger charge is 2.40. The van der Waals surface area contributed by atoms with Crippen molar-refractivity contribution in [1.82, 2.24) is 15.2 Å². The van der Waals surface area contributed by atoms with Gasteiger partial charge in [-0.05, 0) is 24.5 Å². The van der Waals surface area contributed by atoms with Crippen molar-refractivity contribution < 1.29 is 28.7 Å². The molecule has 0 unspecified atom stereocenters. The topological polar surface area (TPSA) is 147 Å². The van der Waals surface area contributed by atoms with Gasteiger partial charge in [-0.3, -0.25) is 24.6 Å². The van der Waals surface area contributed by atoms with Gasteiger partial charge in [-0.25, -0.2) is 0 Å². The summed E-state index contributed by atoms with van der Waals surface area (Å²) in [6, 6.07) is 9.68. The van der Waals surface area contributed by atoms with Crippen molar-refractivity contribution in [2.24, 2.45) is 0 Å². The van der Waals surface area contributed by atoms with Crippen LogP contribution in [0.4, 0.5) is 11.4 Å². The molecule has 1 amide bonds. The van der Waals surface area contributed by atoms with E-state index in [4.69, 9.17) is 14.2 Å². The molecule has 1 aromatic heterocycles. The number of hydrogen-bond acceptors (Lipinski definition) is 11. The number of nitrogens with zero attached hydrogens (tertiary/aromatic N) is 5. The van der Waals surface area contributed by atoms with E-state index in [1.165, 1.54) is 35.9 Å². The fourth-order valence-electron chi connectivity index (χ4n) is 3.87. The number of rotatable bonds is 7. The number of esters is 1. The minimum Gasteiger partial charge on any atom is -0.488 e. The van der Waals surface area contributed by atoms with E-state index < -0.39 is 22.8 Å². The average molecular weight is 526 g/mol. The molecular formula is C24H23N5O7S. The summed E-state index contributed by atoms with van der Waals surface area (Å²) < 4.78 is 16.8. The molecule has 0 aliphatic carbocycles.